The molecule has 0 aliphatic heterocycles. The summed E-state index contributed by atoms with van der Waals surface area (Å²) in [7, 11) is 0. The van der Waals surface area contributed by atoms with E-state index in [2.05, 4.69) is 26.1 Å². The zero-order chi connectivity index (χ0) is 11.1. The van der Waals surface area contributed by atoms with E-state index in [1.807, 2.05) is 13.0 Å². The van der Waals surface area contributed by atoms with Gasteiger partial charge < -0.3 is 0 Å². The van der Waals surface area contributed by atoms with Crippen LogP contribution in [-0.2, 0) is 4.79 Å². The first-order chi connectivity index (χ1) is 6.56. The fourth-order valence-electron chi connectivity index (χ4n) is 1.58. The van der Waals surface area contributed by atoms with Crippen LogP contribution in [0.3, 0.4) is 0 Å². The minimum atomic E-state index is -1.48. The summed E-state index contributed by atoms with van der Waals surface area (Å²) in [4.78, 5) is 11.3. The summed E-state index contributed by atoms with van der Waals surface area (Å²) in [5.74, 6) is 0.257. The third-order valence-electron chi connectivity index (χ3n) is 2.37. The molecule has 0 aromatic carbocycles. The summed E-state index contributed by atoms with van der Waals surface area (Å²) in [5, 5.41) is 0. The Balaban J connectivity index is 4.67. The van der Waals surface area contributed by atoms with Gasteiger partial charge in [0.15, 0.2) is 0 Å². The van der Waals surface area contributed by atoms with Crippen molar-refractivity contribution in [2.45, 2.75) is 43.0 Å². The third kappa shape index (κ3) is 4.54. The summed E-state index contributed by atoms with van der Waals surface area (Å²) in [6.45, 7) is 7.29. The summed E-state index contributed by atoms with van der Waals surface area (Å²) >= 11 is -1.48. The maximum absolute atomic E-state index is 11.3. The molecule has 0 saturated carbocycles. The fourth-order valence-corrected chi connectivity index (χ4v) is 6.29. The van der Waals surface area contributed by atoms with Crippen molar-refractivity contribution in [1.29, 1.82) is 0 Å². The summed E-state index contributed by atoms with van der Waals surface area (Å²) < 4.78 is 7.21. The molecule has 14 heavy (non-hydrogen) atoms. The molecule has 0 heterocycles. The number of hydrogen-bond acceptors (Lipinski definition) is 2. The monoisotopic (exact) mass is 299 g/mol. The molecule has 0 N–H and O–H groups in total. The van der Waals surface area contributed by atoms with Crippen molar-refractivity contribution in [3.63, 3.8) is 0 Å². The summed E-state index contributed by atoms with van der Waals surface area (Å²) in [6, 6.07) is 0. The van der Waals surface area contributed by atoms with Crippen molar-refractivity contribution in [3.8, 4) is 0 Å². The second kappa shape index (κ2) is 7.38. The normalized spacial score (nSPS) is 11.4. The van der Waals surface area contributed by atoms with Gasteiger partial charge in [-0.3, -0.25) is 0 Å². The molecule has 0 spiro atoms. The van der Waals surface area contributed by atoms with Crippen molar-refractivity contribution < 1.29 is 4.79 Å². The molecular formula is C11H22InNO. The Labute approximate surface area is 96.3 Å². The van der Waals surface area contributed by atoms with Crippen LogP contribution in [0.1, 0.15) is 33.6 Å². The van der Waals surface area contributed by atoms with E-state index >= 15 is 0 Å². The van der Waals surface area contributed by atoms with Crippen LogP contribution in [0.2, 0.25) is 9.36 Å². The van der Waals surface area contributed by atoms with Crippen molar-refractivity contribution >= 4 is 27.5 Å². The van der Waals surface area contributed by atoms with Crippen LogP contribution in [0.5, 0.6) is 0 Å². The van der Waals surface area contributed by atoms with E-state index in [1.165, 1.54) is 5.70 Å². The molecule has 0 radical (unpaired) electrons. The topological polar surface area (TPSA) is 20.3 Å². The van der Waals surface area contributed by atoms with Gasteiger partial charge in [0.25, 0.3) is 0 Å². The number of nitrogens with zero attached hydrogens (tertiary/aromatic N) is 1. The van der Waals surface area contributed by atoms with Gasteiger partial charge in [-0.25, -0.2) is 0 Å². The summed E-state index contributed by atoms with van der Waals surface area (Å²) in [5.41, 5.74) is 1.25. The molecule has 0 aliphatic rings. The van der Waals surface area contributed by atoms with Crippen LogP contribution < -0.4 is 0 Å². The number of carbonyl (C=O) groups excluding carboxylic acids is 1. The van der Waals surface area contributed by atoms with Gasteiger partial charge in [-0.2, -0.15) is 0 Å². The molecule has 0 aromatic heterocycles. The van der Waals surface area contributed by atoms with Crippen LogP contribution in [0.4, 0.5) is 0 Å². The number of carbonyl (C=O) groups is 1. The van der Waals surface area contributed by atoms with Crippen molar-refractivity contribution in [1.82, 2.24) is 2.89 Å². The molecule has 80 valence electrons. The van der Waals surface area contributed by atoms with Crippen LogP contribution in [0, 0.1) is 0 Å². The van der Waals surface area contributed by atoms with E-state index < -0.39 is 21.7 Å². The van der Waals surface area contributed by atoms with Crippen LogP contribution >= 0.6 is 0 Å². The predicted molar refractivity (Wildman–Crippen MR) is 63.5 cm³/mol. The average Bonchev–Trinajstić information content (AvgIpc) is 2.16. The fraction of sp³-hybridized carbons (Fsp3) is 0.727. The van der Waals surface area contributed by atoms with E-state index in [4.69, 9.17) is 0 Å². The van der Waals surface area contributed by atoms with Crippen molar-refractivity contribution in [2.75, 3.05) is 6.54 Å². The maximum atomic E-state index is 11.3. The molecule has 0 fully saturated rings. The number of hydrogen-bond donors (Lipinski definition) is 0. The van der Waals surface area contributed by atoms with E-state index in [0.717, 1.165) is 13.0 Å². The quantitative estimate of drug-likeness (QED) is 0.703. The Kier molecular flexibility index (Phi) is 7.42. The molecule has 0 aliphatic carbocycles. The van der Waals surface area contributed by atoms with E-state index in [-0.39, 0.29) is 5.78 Å². The van der Waals surface area contributed by atoms with Crippen LogP contribution in [0.25, 0.3) is 0 Å². The predicted octanol–water partition coefficient (Wildman–Crippen LogP) is 2.83. The van der Waals surface area contributed by atoms with Crippen LogP contribution in [0.15, 0.2) is 11.8 Å². The van der Waals surface area contributed by atoms with Gasteiger partial charge >= 0.3 is 96.5 Å². The summed E-state index contributed by atoms with van der Waals surface area (Å²) in [6.07, 6.45) is 3.45. The SMILES string of the molecule is CCC(=O)/C=C(/CC)[N](CC)[In]([CH3])[CH3]. The van der Waals surface area contributed by atoms with Gasteiger partial charge in [-0.15, -0.1) is 0 Å². The Morgan fingerprint density at radius 2 is 1.79 bits per heavy atom. The average molecular weight is 299 g/mol. The molecule has 0 rings (SSSR count). The first-order valence-corrected chi connectivity index (χ1v) is 13.6. The van der Waals surface area contributed by atoms with E-state index in [9.17, 15) is 4.79 Å². The number of rotatable bonds is 6. The van der Waals surface area contributed by atoms with Gasteiger partial charge in [-0.1, -0.05) is 0 Å². The molecule has 3 heteroatoms. The van der Waals surface area contributed by atoms with Gasteiger partial charge in [-0.05, 0) is 0 Å². The van der Waals surface area contributed by atoms with Crippen molar-refractivity contribution in [3.05, 3.63) is 11.8 Å². The molecule has 0 aromatic rings. The first-order valence-electron chi connectivity index (χ1n) is 5.56. The van der Waals surface area contributed by atoms with Gasteiger partial charge in [0, 0.05) is 0 Å². The molecule has 2 nitrogen and oxygen atoms in total. The third-order valence-corrected chi connectivity index (χ3v) is 7.92. The molecule has 0 amide bonds. The number of ketones is 1. The Morgan fingerprint density at radius 3 is 2.07 bits per heavy atom. The van der Waals surface area contributed by atoms with Crippen LogP contribution in [-0.4, -0.2) is 36.9 Å². The zero-order valence-electron chi connectivity index (χ0n) is 10.1. The van der Waals surface area contributed by atoms with E-state index in [0.29, 0.717) is 6.42 Å². The second-order valence-corrected chi connectivity index (χ2v) is 11.7. The zero-order valence-corrected chi connectivity index (χ0v) is 13.4. The van der Waals surface area contributed by atoms with Gasteiger partial charge in [0.1, 0.15) is 0 Å². The van der Waals surface area contributed by atoms with Crippen molar-refractivity contribution in [2.24, 2.45) is 0 Å². The van der Waals surface area contributed by atoms with E-state index in [1.54, 1.807) is 0 Å². The van der Waals surface area contributed by atoms with Gasteiger partial charge in [0.05, 0.1) is 0 Å². The standard InChI is InChI=1S/C9H17NO.2CH3.In/c1-4-8(10-6-3)7-9(11)5-2;;;/h7H,4-6H2,1-3H3,(H,10,11);2*1H3;/q;;;+1/p-1. The minimum absolute atomic E-state index is 0.257. The molecule has 0 saturated heterocycles. The molecule has 0 unspecified atom stereocenters. The Hall–Kier alpha value is 0.0801. The first kappa shape index (κ1) is 14.1. The Morgan fingerprint density at radius 1 is 1.21 bits per heavy atom. The molecule has 0 atom stereocenters. The second-order valence-electron chi connectivity index (χ2n) is 3.69. The Bertz CT molecular complexity index is 211. The number of allylic oxidation sites excluding steroid dienone is 2. The molecule has 0 bridgehead atoms. The van der Waals surface area contributed by atoms with Gasteiger partial charge in [0.2, 0.25) is 0 Å². The molecular weight excluding hydrogens is 277 g/mol.